The van der Waals surface area contributed by atoms with Crippen LogP contribution < -0.4 is 15.8 Å². The van der Waals surface area contributed by atoms with E-state index in [4.69, 9.17) is 22.1 Å². The molecule has 0 aliphatic rings. The molecule has 0 bridgehead atoms. The van der Waals surface area contributed by atoms with Gasteiger partial charge >= 0.3 is 0 Å². The Balaban J connectivity index is 2.18. The smallest absolute Gasteiger partial charge is 0.256 e. The SMILES string of the molecule is CCOc1ccc(C(=O)Nc2ncccc2Cl)cc1N. The molecule has 2 aromatic rings. The van der Waals surface area contributed by atoms with Gasteiger partial charge in [-0.1, -0.05) is 11.6 Å². The Morgan fingerprint density at radius 1 is 1.45 bits per heavy atom. The Morgan fingerprint density at radius 3 is 2.90 bits per heavy atom. The lowest BCUT2D eigenvalue weighted by atomic mass is 10.1. The van der Waals surface area contributed by atoms with Crippen LogP contribution in [0.5, 0.6) is 5.75 Å². The van der Waals surface area contributed by atoms with Gasteiger partial charge in [0.25, 0.3) is 5.91 Å². The van der Waals surface area contributed by atoms with E-state index in [0.717, 1.165) is 0 Å². The molecule has 1 amide bonds. The number of hydrogen-bond acceptors (Lipinski definition) is 4. The summed E-state index contributed by atoms with van der Waals surface area (Å²) >= 11 is 5.93. The summed E-state index contributed by atoms with van der Waals surface area (Å²) in [5.74, 6) is 0.534. The fourth-order valence-electron chi connectivity index (χ4n) is 1.63. The molecule has 0 saturated carbocycles. The number of carbonyl (C=O) groups excluding carboxylic acids is 1. The number of hydrogen-bond donors (Lipinski definition) is 2. The summed E-state index contributed by atoms with van der Waals surface area (Å²) in [6.45, 7) is 2.38. The molecule has 6 heteroatoms. The van der Waals surface area contributed by atoms with E-state index in [0.29, 0.717) is 34.4 Å². The molecule has 20 heavy (non-hydrogen) atoms. The molecule has 0 aliphatic carbocycles. The van der Waals surface area contributed by atoms with Gasteiger partial charge in [0.15, 0.2) is 5.82 Å². The molecule has 0 spiro atoms. The van der Waals surface area contributed by atoms with Crippen molar-refractivity contribution in [1.29, 1.82) is 0 Å². The zero-order chi connectivity index (χ0) is 14.5. The first-order valence-electron chi connectivity index (χ1n) is 6.06. The minimum atomic E-state index is -0.333. The van der Waals surface area contributed by atoms with Gasteiger partial charge in [0, 0.05) is 11.8 Å². The van der Waals surface area contributed by atoms with Crippen molar-refractivity contribution in [3.63, 3.8) is 0 Å². The summed E-state index contributed by atoms with van der Waals surface area (Å²) < 4.78 is 5.32. The second-order valence-corrected chi connectivity index (χ2v) is 4.38. The third-order valence-electron chi connectivity index (χ3n) is 2.56. The number of nitrogens with zero attached hydrogens (tertiary/aromatic N) is 1. The summed E-state index contributed by atoms with van der Waals surface area (Å²) in [6, 6.07) is 8.18. The van der Waals surface area contributed by atoms with E-state index >= 15 is 0 Å². The van der Waals surface area contributed by atoms with Gasteiger partial charge in [0.05, 0.1) is 17.3 Å². The normalized spacial score (nSPS) is 10.1. The molecule has 1 aromatic carbocycles. The molecule has 2 rings (SSSR count). The van der Waals surface area contributed by atoms with Gasteiger partial charge in [-0.3, -0.25) is 4.79 Å². The second-order valence-electron chi connectivity index (χ2n) is 3.97. The molecule has 1 heterocycles. The lowest BCUT2D eigenvalue weighted by molar-refractivity contribution is 0.102. The van der Waals surface area contributed by atoms with Gasteiger partial charge < -0.3 is 15.8 Å². The zero-order valence-corrected chi connectivity index (χ0v) is 11.6. The van der Waals surface area contributed by atoms with Crippen LogP contribution in [0.3, 0.4) is 0 Å². The number of rotatable bonds is 4. The van der Waals surface area contributed by atoms with Gasteiger partial charge in [-0.2, -0.15) is 0 Å². The summed E-state index contributed by atoms with van der Waals surface area (Å²) in [5, 5.41) is 3.00. The predicted molar refractivity (Wildman–Crippen MR) is 79.2 cm³/mol. The highest BCUT2D eigenvalue weighted by atomic mass is 35.5. The number of aromatic nitrogens is 1. The Hall–Kier alpha value is -2.27. The van der Waals surface area contributed by atoms with Crippen LogP contribution in [0.2, 0.25) is 5.02 Å². The molecular weight excluding hydrogens is 278 g/mol. The fourth-order valence-corrected chi connectivity index (χ4v) is 1.80. The number of ether oxygens (including phenoxy) is 1. The van der Waals surface area contributed by atoms with Gasteiger partial charge in [-0.05, 0) is 37.3 Å². The van der Waals surface area contributed by atoms with Crippen molar-refractivity contribution < 1.29 is 9.53 Å². The quantitative estimate of drug-likeness (QED) is 0.849. The van der Waals surface area contributed by atoms with E-state index in [-0.39, 0.29) is 5.91 Å². The topological polar surface area (TPSA) is 77.2 Å². The van der Waals surface area contributed by atoms with Crippen LogP contribution >= 0.6 is 11.6 Å². The van der Waals surface area contributed by atoms with Crippen LogP contribution in [0.25, 0.3) is 0 Å². The number of nitrogens with one attached hydrogen (secondary N) is 1. The first-order chi connectivity index (χ1) is 9.61. The lowest BCUT2D eigenvalue weighted by Gasteiger charge is -2.09. The van der Waals surface area contributed by atoms with Gasteiger partial charge in [-0.15, -0.1) is 0 Å². The first kappa shape index (κ1) is 14.1. The van der Waals surface area contributed by atoms with E-state index < -0.39 is 0 Å². The van der Waals surface area contributed by atoms with E-state index in [9.17, 15) is 4.79 Å². The molecular formula is C14H14ClN3O2. The second kappa shape index (κ2) is 6.25. The number of amides is 1. The van der Waals surface area contributed by atoms with Crippen molar-refractivity contribution >= 4 is 29.0 Å². The number of nitrogens with two attached hydrogens (primary N) is 1. The Kier molecular flexibility index (Phi) is 4.42. The molecule has 5 nitrogen and oxygen atoms in total. The molecule has 0 fully saturated rings. The van der Waals surface area contributed by atoms with Crippen LogP contribution in [0.15, 0.2) is 36.5 Å². The Labute approximate surface area is 121 Å². The van der Waals surface area contributed by atoms with Gasteiger partial charge in [-0.25, -0.2) is 4.98 Å². The van der Waals surface area contributed by atoms with Crippen molar-refractivity contribution in [3.05, 3.63) is 47.1 Å². The summed E-state index contributed by atoms with van der Waals surface area (Å²) in [4.78, 5) is 16.1. The average Bonchev–Trinajstić information content (AvgIpc) is 2.43. The average molecular weight is 292 g/mol. The maximum absolute atomic E-state index is 12.1. The molecule has 0 saturated heterocycles. The number of benzene rings is 1. The van der Waals surface area contributed by atoms with Gasteiger partial charge in [0.2, 0.25) is 0 Å². The molecule has 3 N–H and O–H groups in total. The third-order valence-corrected chi connectivity index (χ3v) is 2.87. The zero-order valence-electron chi connectivity index (χ0n) is 10.9. The van der Waals surface area contributed by atoms with E-state index in [1.165, 1.54) is 0 Å². The molecule has 0 unspecified atom stereocenters. The van der Waals surface area contributed by atoms with Crippen LogP contribution in [-0.4, -0.2) is 17.5 Å². The fraction of sp³-hybridized carbons (Fsp3) is 0.143. The number of carbonyl (C=O) groups is 1. The van der Waals surface area contributed by atoms with Crippen molar-refractivity contribution in [2.45, 2.75) is 6.92 Å². The highest BCUT2D eigenvalue weighted by Gasteiger charge is 2.11. The molecule has 0 radical (unpaired) electrons. The highest BCUT2D eigenvalue weighted by molar-refractivity contribution is 6.33. The molecule has 104 valence electrons. The summed E-state index contributed by atoms with van der Waals surface area (Å²) in [7, 11) is 0. The van der Waals surface area contributed by atoms with Crippen LogP contribution in [0, 0.1) is 0 Å². The highest BCUT2D eigenvalue weighted by Crippen LogP contribution is 2.24. The van der Waals surface area contributed by atoms with E-state index in [1.807, 2.05) is 6.92 Å². The molecule has 0 aliphatic heterocycles. The van der Waals surface area contributed by atoms with Crippen molar-refractivity contribution in [2.24, 2.45) is 0 Å². The third kappa shape index (κ3) is 3.19. The summed E-state index contributed by atoms with van der Waals surface area (Å²) in [6.07, 6.45) is 1.55. The largest absolute Gasteiger partial charge is 0.492 e. The number of nitrogen functional groups attached to an aromatic ring is 1. The Morgan fingerprint density at radius 2 is 2.25 bits per heavy atom. The molecule has 0 atom stereocenters. The monoisotopic (exact) mass is 291 g/mol. The number of halogens is 1. The number of anilines is 2. The van der Waals surface area contributed by atoms with Crippen molar-refractivity contribution in [2.75, 3.05) is 17.7 Å². The maximum atomic E-state index is 12.1. The van der Waals surface area contributed by atoms with E-state index in [1.54, 1.807) is 36.5 Å². The summed E-state index contributed by atoms with van der Waals surface area (Å²) in [5.41, 5.74) is 6.64. The van der Waals surface area contributed by atoms with Crippen LogP contribution in [-0.2, 0) is 0 Å². The van der Waals surface area contributed by atoms with Crippen molar-refractivity contribution in [1.82, 2.24) is 4.98 Å². The maximum Gasteiger partial charge on any atom is 0.256 e. The van der Waals surface area contributed by atoms with Crippen LogP contribution in [0.4, 0.5) is 11.5 Å². The predicted octanol–water partition coefficient (Wildman–Crippen LogP) is 2.97. The van der Waals surface area contributed by atoms with Gasteiger partial charge in [0.1, 0.15) is 5.75 Å². The van der Waals surface area contributed by atoms with E-state index in [2.05, 4.69) is 10.3 Å². The Bertz CT molecular complexity index is 632. The minimum absolute atomic E-state index is 0.312. The van der Waals surface area contributed by atoms with Crippen molar-refractivity contribution in [3.8, 4) is 5.75 Å². The number of pyridine rings is 1. The lowest BCUT2D eigenvalue weighted by Crippen LogP contribution is -2.13. The first-order valence-corrected chi connectivity index (χ1v) is 6.43. The van der Waals surface area contributed by atoms with Crippen LogP contribution in [0.1, 0.15) is 17.3 Å². The minimum Gasteiger partial charge on any atom is -0.492 e. The standard InChI is InChI=1S/C14H14ClN3O2/c1-2-20-12-6-5-9(8-11(12)16)14(19)18-13-10(15)4-3-7-17-13/h3-8H,2,16H2,1H3,(H,17,18,19). The molecule has 1 aromatic heterocycles.